The second-order valence-corrected chi connectivity index (χ2v) is 6.41. The number of nitrogens with one attached hydrogen (secondary N) is 1. The van der Waals surface area contributed by atoms with E-state index in [2.05, 4.69) is 38.5 Å². The van der Waals surface area contributed by atoms with Crippen LogP contribution in [0.15, 0.2) is 75.8 Å². The van der Waals surface area contributed by atoms with Crippen molar-refractivity contribution in [2.24, 2.45) is 10.7 Å². The summed E-state index contributed by atoms with van der Waals surface area (Å²) >= 11 is 1.62. The number of hydrogen-bond acceptors (Lipinski definition) is 5. The lowest BCUT2D eigenvalue weighted by Gasteiger charge is -2.19. The van der Waals surface area contributed by atoms with Gasteiger partial charge in [0.15, 0.2) is 5.82 Å². The average Bonchev–Trinajstić information content (AvgIpc) is 2.60. The number of nitrogens with zero attached hydrogens (tertiary/aromatic N) is 3. The molecule has 0 spiro atoms. The van der Waals surface area contributed by atoms with Crippen LogP contribution < -0.4 is 11.1 Å². The van der Waals surface area contributed by atoms with Crippen LogP contribution >= 0.6 is 11.8 Å². The summed E-state index contributed by atoms with van der Waals surface area (Å²) in [7, 11) is 0. The molecule has 0 atom stereocenters. The molecule has 0 fully saturated rings. The maximum absolute atomic E-state index is 6.09. The Bertz CT molecular complexity index is 908. The molecule has 1 aromatic heterocycles. The molecule has 24 heavy (non-hydrogen) atoms. The van der Waals surface area contributed by atoms with Crippen molar-refractivity contribution in [1.82, 2.24) is 9.97 Å². The average molecular weight is 333 g/mol. The normalized spacial score (nSPS) is 12.9. The zero-order chi connectivity index (χ0) is 16.4. The molecule has 6 heteroatoms. The molecule has 1 aliphatic rings. The van der Waals surface area contributed by atoms with Gasteiger partial charge in [0.05, 0.1) is 11.4 Å². The van der Waals surface area contributed by atoms with E-state index in [-0.39, 0.29) is 0 Å². The third kappa shape index (κ3) is 3.09. The molecule has 2 aromatic carbocycles. The summed E-state index contributed by atoms with van der Waals surface area (Å²) in [6.45, 7) is 0. The van der Waals surface area contributed by atoms with Crippen LogP contribution in [0.5, 0.6) is 0 Å². The summed E-state index contributed by atoms with van der Waals surface area (Å²) in [6, 6.07) is 16.0. The molecule has 4 rings (SSSR count). The van der Waals surface area contributed by atoms with Crippen LogP contribution in [0, 0.1) is 0 Å². The Morgan fingerprint density at radius 2 is 1.92 bits per heavy atom. The Morgan fingerprint density at radius 1 is 1.08 bits per heavy atom. The molecule has 2 heterocycles. The molecule has 118 valence electrons. The van der Waals surface area contributed by atoms with E-state index >= 15 is 0 Å². The molecular weight excluding hydrogens is 318 g/mol. The maximum Gasteiger partial charge on any atom is 0.163 e. The molecule has 3 aromatic rings. The SMILES string of the molecule is NC(Cc1ccc2c(c1)Nc1nccnc1S2)=Nc1ccccc1. The number of nitrogens with two attached hydrogens (primary N) is 1. The van der Waals surface area contributed by atoms with Crippen LogP contribution in [0.2, 0.25) is 0 Å². The Labute approximate surface area is 144 Å². The van der Waals surface area contributed by atoms with Crippen LogP contribution in [0.1, 0.15) is 5.56 Å². The van der Waals surface area contributed by atoms with Crippen molar-refractivity contribution < 1.29 is 0 Å². The number of hydrogen-bond donors (Lipinski definition) is 2. The highest BCUT2D eigenvalue weighted by Gasteiger charge is 2.17. The summed E-state index contributed by atoms with van der Waals surface area (Å²) in [6.07, 6.45) is 3.99. The fourth-order valence-corrected chi connectivity index (χ4v) is 3.39. The van der Waals surface area contributed by atoms with Crippen molar-refractivity contribution in [2.75, 3.05) is 5.32 Å². The van der Waals surface area contributed by atoms with E-state index in [4.69, 9.17) is 5.73 Å². The van der Waals surface area contributed by atoms with E-state index in [9.17, 15) is 0 Å². The van der Waals surface area contributed by atoms with Crippen LogP contribution in [0.4, 0.5) is 17.2 Å². The largest absolute Gasteiger partial charge is 0.387 e. The molecule has 0 amide bonds. The van der Waals surface area contributed by atoms with Gasteiger partial charge in [0.2, 0.25) is 0 Å². The van der Waals surface area contributed by atoms with E-state index in [0.29, 0.717) is 12.3 Å². The number of anilines is 2. The molecule has 3 N–H and O–H groups in total. The zero-order valence-electron chi connectivity index (χ0n) is 12.8. The minimum absolute atomic E-state index is 0.588. The number of para-hydroxylation sites is 1. The monoisotopic (exact) mass is 333 g/mol. The zero-order valence-corrected chi connectivity index (χ0v) is 13.6. The first-order chi connectivity index (χ1) is 11.8. The second kappa shape index (κ2) is 6.33. The van der Waals surface area contributed by atoms with E-state index in [0.717, 1.165) is 32.7 Å². The van der Waals surface area contributed by atoms with E-state index < -0.39 is 0 Å². The molecule has 0 unspecified atom stereocenters. The summed E-state index contributed by atoms with van der Waals surface area (Å²) in [5.41, 5.74) is 9.09. The molecular formula is C18H15N5S. The summed E-state index contributed by atoms with van der Waals surface area (Å²) < 4.78 is 0. The van der Waals surface area contributed by atoms with E-state index in [1.165, 1.54) is 0 Å². The molecule has 1 aliphatic heterocycles. The van der Waals surface area contributed by atoms with Gasteiger partial charge in [-0.15, -0.1) is 0 Å². The highest BCUT2D eigenvalue weighted by molar-refractivity contribution is 7.99. The number of aliphatic imine (C=N–C) groups is 1. The van der Waals surface area contributed by atoms with Crippen molar-refractivity contribution in [3.63, 3.8) is 0 Å². The molecule has 0 bridgehead atoms. The molecule has 0 aliphatic carbocycles. The fraction of sp³-hybridized carbons (Fsp3) is 0.0556. The Morgan fingerprint density at radius 3 is 2.79 bits per heavy atom. The molecule has 0 saturated heterocycles. The number of fused-ring (bicyclic) bond motifs is 2. The molecule has 0 saturated carbocycles. The number of amidine groups is 1. The summed E-state index contributed by atoms with van der Waals surface area (Å²) in [5.74, 6) is 1.38. The number of aromatic nitrogens is 2. The Kier molecular flexibility index (Phi) is 3.88. The van der Waals surface area contributed by atoms with E-state index in [1.807, 2.05) is 30.3 Å². The van der Waals surface area contributed by atoms with Gasteiger partial charge in [-0.3, -0.25) is 0 Å². The third-order valence-corrected chi connectivity index (χ3v) is 4.65. The van der Waals surface area contributed by atoms with Gasteiger partial charge < -0.3 is 11.1 Å². The van der Waals surface area contributed by atoms with Crippen molar-refractivity contribution in [3.8, 4) is 0 Å². The predicted octanol–water partition coefficient (Wildman–Crippen LogP) is 3.92. The molecule has 0 radical (unpaired) electrons. The second-order valence-electron chi connectivity index (χ2n) is 5.38. The first-order valence-electron chi connectivity index (χ1n) is 7.55. The van der Waals surface area contributed by atoms with Crippen molar-refractivity contribution >= 4 is 34.8 Å². The first kappa shape index (κ1) is 14.7. The van der Waals surface area contributed by atoms with Gasteiger partial charge in [-0.1, -0.05) is 36.0 Å². The van der Waals surface area contributed by atoms with Crippen molar-refractivity contribution in [3.05, 3.63) is 66.5 Å². The van der Waals surface area contributed by atoms with E-state index in [1.54, 1.807) is 24.2 Å². The standard InChI is InChI=1S/C18H15N5S/c19-16(22-13-4-2-1-3-5-13)11-12-6-7-15-14(10-12)23-17-18(24-15)21-9-8-20-17/h1-10H,11H2,(H2,19,22)(H,20,23). The lowest BCUT2D eigenvalue weighted by molar-refractivity contribution is 1.05. The molecule has 5 nitrogen and oxygen atoms in total. The van der Waals surface area contributed by atoms with Gasteiger partial charge in [-0.05, 0) is 29.8 Å². The maximum atomic E-state index is 6.09. The summed E-state index contributed by atoms with van der Waals surface area (Å²) in [4.78, 5) is 14.2. The van der Waals surface area contributed by atoms with Crippen LogP contribution in [-0.4, -0.2) is 15.8 Å². The van der Waals surface area contributed by atoms with Gasteiger partial charge in [-0.2, -0.15) is 0 Å². The van der Waals surface area contributed by atoms with Crippen LogP contribution in [0.25, 0.3) is 0 Å². The lowest BCUT2D eigenvalue weighted by Crippen LogP contribution is -2.14. The van der Waals surface area contributed by atoms with Gasteiger partial charge in [-0.25, -0.2) is 15.0 Å². The van der Waals surface area contributed by atoms with Gasteiger partial charge >= 0.3 is 0 Å². The van der Waals surface area contributed by atoms with Crippen LogP contribution in [-0.2, 0) is 6.42 Å². The highest BCUT2D eigenvalue weighted by Crippen LogP contribution is 2.42. The van der Waals surface area contributed by atoms with Crippen LogP contribution in [0.3, 0.4) is 0 Å². The number of rotatable bonds is 3. The quantitative estimate of drug-likeness (QED) is 0.439. The fourth-order valence-electron chi connectivity index (χ4n) is 2.51. The minimum Gasteiger partial charge on any atom is -0.387 e. The minimum atomic E-state index is 0.588. The highest BCUT2D eigenvalue weighted by atomic mass is 32.2. The number of benzene rings is 2. The lowest BCUT2D eigenvalue weighted by atomic mass is 10.1. The third-order valence-electron chi connectivity index (χ3n) is 3.58. The summed E-state index contributed by atoms with van der Waals surface area (Å²) in [5, 5.41) is 4.22. The van der Waals surface area contributed by atoms with Crippen molar-refractivity contribution in [2.45, 2.75) is 16.3 Å². The van der Waals surface area contributed by atoms with Gasteiger partial charge in [0.1, 0.15) is 10.9 Å². The smallest absolute Gasteiger partial charge is 0.163 e. The van der Waals surface area contributed by atoms with Crippen molar-refractivity contribution in [1.29, 1.82) is 0 Å². The topological polar surface area (TPSA) is 76.2 Å². The first-order valence-corrected chi connectivity index (χ1v) is 8.36. The van der Waals surface area contributed by atoms with Gasteiger partial charge in [0.25, 0.3) is 0 Å². The Balaban J connectivity index is 1.55. The predicted molar refractivity (Wildman–Crippen MR) is 97.3 cm³/mol. The van der Waals surface area contributed by atoms with Gasteiger partial charge in [0, 0.05) is 23.7 Å². The Hall–Kier alpha value is -2.86.